The van der Waals surface area contributed by atoms with Gasteiger partial charge in [0.2, 0.25) is 5.91 Å². The number of para-hydroxylation sites is 1. The molecule has 32 heavy (non-hydrogen) atoms. The van der Waals surface area contributed by atoms with Crippen molar-refractivity contribution in [3.63, 3.8) is 0 Å². The van der Waals surface area contributed by atoms with E-state index in [9.17, 15) is 18.8 Å². The van der Waals surface area contributed by atoms with Crippen molar-refractivity contribution in [2.24, 2.45) is 0 Å². The molecular formula is C25H21FN2O4. The van der Waals surface area contributed by atoms with E-state index in [1.165, 1.54) is 23.1 Å². The molecule has 4 rings (SSSR count). The van der Waals surface area contributed by atoms with Crippen molar-refractivity contribution in [2.75, 3.05) is 12.0 Å². The molecule has 0 aliphatic carbocycles. The SMILES string of the molecule is COc1ccc(CN(C(=O)c2cccc(F)c2)C2CC(=O)N(c3ccccc3)C2=O)cc1. The standard InChI is InChI=1S/C25H21FN2O4/c1-32-21-12-10-17(11-13-21)16-27(24(30)18-6-5-7-19(26)14-18)22-15-23(29)28(25(22)31)20-8-3-2-4-9-20/h2-14,22H,15-16H2,1H3. The summed E-state index contributed by atoms with van der Waals surface area (Å²) in [6.07, 6.45) is -0.148. The number of ether oxygens (including phenoxy) is 1. The van der Waals surface area contributed by atoms with Crippen LogP contribution in [0.5, 0.6) is 5.75 Å². The summed E-state index contributed by atoms with van der Waals surface area (Å²) < 4.78 is 19.0. The van der Waals surface area contributed by atoms with Crippen LogP contribution >= 0.6 is 0 Å². The van der Waals surface area contributed by atoms with Gasteiger partial charge in [-0.05, 0) is 48.0 Å². The smallest absolute Gasteiger partial charge is 0.257 e. The molecule has 0 saturated carbocycles. The molecule has 6 nitrogen and oxygen atoms in total. The number of carbonyl (C=O) groups is 3. The van der Waals surface area contributed by atoms with Crippen LogP contribution in [0, 0.1) is 5.82 Å². The number of amides is 3. The molecule has 1 aliphatic rings. The second-order valence-corrected chi connectivity index (χ2v) is 7.41. The van der Waals surface area contributed by atoms with E-state index in [0.29, 0.717) is 11.4 Å². The third kappa shape index (κ3) is 4.23. The normalized spacial score (nSPS) is 15.7. The van der Waals surface area contributed by atoms with Crippen LogP contribution in [0.1, 0.15) is 22.3 Å². The molecule has 3 amide bonds. The zero-order chi connectivity index (χ0) is 22.7. The number of rotatable bonds is 6. The molecule has 0 bridgehead atoms. The van der Waals surface area contributed by atoms with Crippen LogP contribution in [0.2, 0.25) is 0 Å². The number of anilines is 1. The fourth-order valence-corrected chi connectivity index (χ4v) is 3.75. The highest BCUT2D eigenvalue weighted by Gasteiger charge is 2.44. The molecule has 0 radical (unpaired) electrons. The summed E-state index contributed by atoms with van der Waals surface area (Å²) in [7, 11) is 1.55. The molecule has 3 aromatic carbocycles. The molecule has 1 unspecified atom stereocenters. The van der Waals surface area contributed by atoms with Gasteiger partial charge in [-0.1, -0.05) is 36.4 Å². The Kier molecular flexibility index (Phi) is 5.98. The Morgan fingerprint density at radius 1 is 1.03 bits per heavy atom. The topological polar surface area (TPSA) is 66.9 Å². The van der Waals surface area contributed by atoms with E-state index in [2.05, 4.69) is 0 Å². The first-order valence-electron chi connectivity index (χ1n) is 10.1. The number of hydrogen-bond acceptors (Lipinski definition) is 4. The Bertz CT molecular complexity index is 1150. The van der Waals surface area contributed by atoms with Gasteiger partial charge < -0.3 is 9.64 Å². The Morgan fingerprint density at radius 2 is 1.75 bits per heavy atom. The number of carbonyl (C=O) groups excluding carboxylic acids is 3. The minimum absolute atomic E-state index is 0.0751. The highest BCUT2D eigenvalue weighted by atomic mass is 19.1. The van der Waals surface area contributed by atoms with Gasteiger partial charge in [0, 0.05) is 12.1 Å². The van der Waals surface area contributed by atoms with Crippen molar-refractivity contribution >= 4 is 23.4 Å². The van der Waals surface area contributed by atoms with E-state index >= 15 is 0 Å². The van der Waals surface area contributed by atoms with Crippen molar-refractivity contribution in [3.05, 3.63) is 95.8 Å². The minimum Gasteiger partial charge on any atom is -0.497 e. The van der Waals surface area contributed by atoms with Crippen LogP contribution < -0.4 is 9.64 Å². The van der Waals surface area contributed by atoms with Gasteiger partial charge in [0.25, 0.3) is 11.8 Å². The Hall–Kier alpha value is -4.00. The second kappa shape index (κ2) is 9.01. The van der Waals surface area contributed by atoms with Crippen molar-refractivity contribution in [2.45, 2.75) is 19.0 Å². The molecule has 7 heteroatoms. The van der Waals surface area contributed by atoms with Crippen LogP contribution in [0.4, 0.5) is 10.1 Å². The summed E-state index contributed by atoms with van der Waals surface area (Å²) in [6, 6.07) is 19.9. The lowest BCUT2D eigenvalue weighted by molar-refractivity contribution is -0.122. The lowest BCUT2D eigenvalue weighted by Crippen LogP contribution is -2.45. The summed E-state index contributed by atoms with van der Waals surface area (Å²) >= 11 is 0. The molecule has 1 saturated heterocycles. The van der Waals surface area contributed by atoms with Crippen LogP contribution in [-0.2, 0) is 16.1 Å². The Labute approximate surface area is 184 Å². The third-order valence-corrected chi connectivity index (χ3v) is 5.36. The molecule has 162 valence electrons. The maximum Gasteiger partial charge on any atom is 0.257 e. The van der Waals surface area contributed by atoms with Gasteiger partial charge in [0.15, 0.2) is 0 Å². The summed E-state index contributed by atoms with van der Waals surface area (Å²) in [5.74, 6) is -1.31. The quantitative estimate of drug-likeness (QED) is 0.556. The summed E-state index contributed by atoms with van der Waals surface area (Å²) in [5, 5.41) is 0. The second-order valence-electron chi connectivity index (χ2n) is 7.41. The number of nitrogens with zero attached hydrogens (tertiary/aromatic N) is 2. The number of halogens is 1. The van der Waals surface area contributed by atoms with Crippen molar-refractivity contribution in [1.29, 1.82) is 0 Å². The molecule has 1 fully saturated rings. The van der Waals surface area contributed by atoms with Gasteiger partial charge >= 0.3 is 0 Å². The van der Waals surface area contributed by atoms with E-state index in [4.69, 9.17) is 4.74 Å². The van der Waals surface area contributed by atoms with Gasteiger partial charge in [0.05, 0.1) is 19.2 Å². The van der Waals surface area contributed by atoms with Gasteiger partial charge in [-0.2, -0.15) is 0 Å². The van der Waals surface area contributed by atoms with Crippen molar-refractivity contribution in [3.8, 4) is 5.75 Å². The van der Waals surface area contributed by atoms with Gasteiger partial charge in [-0.3, -0.25) is 14.4 Å². The molecule has 0 N–H and O–H groups in total. The van der Waals surface area contributed by atoms with Crippen molar-refractivity contribution in [1.82, 2.24) is 4.90 Å². The molecule has 0 aromatic heterocycles. The molecule has 1 aliphatic heterocycles. The summed E-state index contributed by atoms with van der Waals surface area (Å²) in [6.45, 7) is 0.0751. The first-order chi connectivity index (χ1) is 15.5. The predicted molar refractivity (Wildman–Crippen MR) is 117 cm³/mol. The highest BCUT2D eigenvalue weighted by Crippen LogP contribution is 2.28. The van der Waals surface area contributed by atoms with Gasteiger partial charge in [-0.15, -0.1) is 0 Å². The van der Waals surface area contributed by atoms with Gasteiger partial charge in [-0.25, -0.2) is 9.29 Å². The van der Waals surface area contributed by atoms with E-state index < -0.39 is 29.6 Å². The van der Waals surface area contributed by atoms with E-state index in [1.54, 1.807) is 61.7 Å². The van der Waals surface area contributed by atoms with Crippen LogP contribution in [0.25, 0.3) is 0 Å². The maximum absolute atomic E-state index is 13.8. The van der Waals surface area contributed by atoms with E-state index in [1.807, 2.05) is 0 Å². The summed E-state index contributed by atoms with van der Waals surface area (Å²) in [4.78, 5) is 41.8. The Balaban J connectivity index is 1.69. The van der Waals surface area contributed by atoms with Crippen LogP contribution in [0.3, 0.4) is 0 Å². The average molecular weight is 432 g/mol. The number of benzene rings is 3. The van der Waals surface area contributed by atoms with E-state index in [0.717, 1.165) is 16.5 Å². The number of imide groups is 1. The molecular weight excluding hydrogens is 411 g/mol. The monoisotopic (exact) mass is 432 g/mol. The van der Waals surface area contributed by atoms with E-state index in [-0.39, 0.29) is 18.5 Å². The third-order valence-electron chi connectivity index (χ3n) is 5.36. The minimum atomic E-state index is -0.999. The van der Waals surface area contributed by atoms with Crippen LogP contribution in [-0.4, -0.2) is 35.8 Å². The fourth-order valence-electron chi connectivity index (χ4n) is 3.75. The largest absolute Gasteiger partial charge is 0.497 e. The highest BCUT2D eigenvalue weighted by molar-refractivity contribution is 6.23. The average Bonchev–Trinajstić information content (AvgIpc) is 3.11. The first-order valence-corrected chi connectivity index (χ1v) is 10.1. The number of methoxy groups -OCH3 is 1. The number of hydrogen-bond donors (Lipinski definition) is 0. The zero-order valence-corrected chi connectivity index (χ0v) is 17.4. The lowest BCUT2D eigenvalue weighted by atomic mass is 10.1. The van der Waals surface area contributed by atoms with Crippen molar-refractivity contribution < 1.29 is 23.5 Å². The maximum atomic E-state index is 13.8. The van der Waals surface area contributed by atoms with Crippen LogP contribution in [0.15, 0.2) is 78.9 Å². The predicted octanol–water partition coefficient (Wildman–Crippen LogP) is 3.81. The lowest BCUT2D eigenvalue weighted by Gasteiger charge is -2.28. The molecule has 0 spiro atoms. The zero-order valence-electron chi connectivity index (χ0n) is 17.4. The Morgan fingerprint density at radius 3 is 2.41 bits per heavy atom. The molecule has 1 heterocycles. The van der Waals surface area contributed by atoms with Gasteiger partial charge in [0.1, 0.15) is 17.6 Å². The molecule has 3 aromatic rings. The fraction of sp³-hybridized carbons (Fsp3) is 0.160. The summed E-state index contributed by atoms with van der Waals surface area (Å²) in [5.41, 5.74) is 1.30. The molecule has 1 atom stereocenters. The first kappa shape index (κ1) is 21.2.